The third-order valence-electron chi connectivity index (χ3n) is 3.52. The van der Waals surface area contributed by atoms with Gasteiger partial charge in [-0.15, -0.1) is 6.58 Å². The molecule has 2 aromatic carbocycles. The van der Waals surface area contributed by atoms with Crippen molar-refractivity contribution in [3.05, 3.63) is 64.3 Å². The fraction of sp³-hybridized carbons (Fsp3) is 0.118. The van der Waals surface area contributed by atoms with Gasteiger partial charge in [-0.2, -0.15) is 0 Å². The number of fused-ring (bicyclic) bond motifs is 2. The van der Waals surface area contributed by atoms with Crippen molar-refractivity contribution in [2.45, 2.75) is 13.3 Å². The van der Waals surface area contributed by atoms with Crippen LogP contribution in [0.5, 0.6) is 5.75 Å². The maximum atomic E-state index is 12.5. The molecule has 0 spiro atoms. The molecule has 1 aromatic heterocycles. The summed E-state index contributed by atoms with van der Waals surface area (Å²) in [6.45, 7) is 5.42. The summed E-state index contributed by atoms with van der Waals surface area (Å²) >= 11 is 0. The van der Waals surface area contributed by atoms with E-state index < -0.39 is 0 Å². The van der Waals surface area contributed by atoms with Gasteiger partial charge in [-0.3, -0.25) is 4.79 Å². The molecule has 1 heterocycles. The lowest BCUT2D eigenvalue weighted by molar-refractivity contribution is 0.464. The molecule has 3 heteroatoms. The lowest BCUT2D eigenvalue weighted by Crippen LogP contribution is -2.04. The Morgan fingerprint density at radius 2 is 2.05 bits per heavy atom. The highest BCUT2D eigenvalue weighted by molar-refractivity contribution is 5.92. The Kier molecular flexibility index (Phi) is 2.83. The molecule has 100 valence electrons. The highest BCUT2D eigenvalue weighted by Gasteiger charge is 2.14. The molecule has 0 aliphatic heterocycles. The first-order valence-electron chi connectivity index (χ1n) is 6.41. The Morgan fingerprint density at radius 3 is 2.80 bits per heavy atom. The molecular weight excluding hydrogens is 252 g/mol. The number of rotatable bonds is 2. The summed E-state index contributed by atoms with van der Waals surface area (Å²) in [6, 6.07) is 8.82. The average molecular weight is 266 g/mol. The number of hydrogen-bond acceptors (Lipinski definition) is 3. The van der Waals surface area contributed by atoms with Crippen LogP contribution in [0.2, 0.25) is 0 Å². The number of para-hydroxylation sites is 1. The van der Waals surface area contributed by atoms with Crippen molar-refractivity contribution < 1.29 is 9.52 Å². The first kappa shape index (κ1) is 12.5. The first-order valence-corrected chi connectivity index (χ1v) is 6.41. The molecule has 0 radical (unpaired) electrons. The van der Waals surface area contributed by atoms with Gasteiger partial charge in [-0.05, 0) is 37.1 Å². The van der Waals surface area contributed by atoms with Crippen LogP contribution < -0.4 is 5.43 Å². The van der Waals surface area contributed by atoms with Crippen molar-refractivity contribution in [3.63, 3.8) is 0 Å². The summed E-state index contributed by atoms with van der Waals surface area (Å²) in [4.78, 5) is 12.5. The number of phenols is 1. The van der Waals surface area contributed by atoms with E-state index >= 15 is 0 Å². The largest absolute Gasteiger partial charge is 0.507 e. The van der Waals surface area contributed by atoms with E-state index in [9.17, 15) is 9.90 Å². The molecule has 3 nitrogen and oxygen atoms in total. The molecule has 0 bridgehead atoms. The third-order valence-corrected chi connectivity index (χ3v) is 3.52. The Morgan fingerprint density at radius 1 is 1.30 bits per heavy atom. The second-order valence-electron chi connectivity index (χ2n) is 4.81. The van der Waals surface area contributed by atoms with Gasteiger partial charge in [0.05, 0.1) is 10.8 Å². The van der Waals surface area contributed by atoms with Gasteiger partial charge in [0.25, 0.3) is 0 Å². The van der Waals surface area contributed by atoms with Gasteiger partial charge in [0.1, 0.15) is 16.9 Å². The maximum Gasteiger partial charge on any atom is 0.200 e. The lowest BCUT2D eigenvalue weighted by Gasteiger charge is -2.09. The van der Waals surface area contributed by atoms with E-state index in [1.807, 2.05) is 12.1 Å². The van der Waals surface area contributed by atoms with Crippen LogP contribution in [0.4, 0.5) is 0 Å². The van der Waals surface area contributed by atoms with Crippen molar-refractivity contribution in [3.8, 4) is 5.75 Å². The highest BCUT2D eigenvalue weighted by atomic mass is 16.3. The quantitative estimate of drug-likeness (QED) is 0.568. The van der Waals surface area contributed by atoms with Crippen LogP contribution in [0, 0.1) is 6.92 Å². The van der Waals surface area contributed by atoms with Crippen molar-refractivity contribution in [2.24, 2.45) is 0 Å². The zero-order valence-electron chi connectivity index (χ0n) is 11.1. The molecule has 0 saturated heterocycles. The fourth-order valence-corrected chi connectivity index (χ4v) is 2.47. The minimum absolute atomic E-state index is 0.0738. The highest BCUT2D eigenvalue weighted by Crippen LogP contribution is 2.31. The molecule has 0 amide bonds. The number of aryl methyl sites for hydroxylation is 1. The summed E-state index contributed by atoms with van der Waals surface area (Å²) in [5, 5.41) is 11.2. The average Bonchev–Trinajstić information content (AvgIpc) is 2.46. The zero-order chi connectivity index (χ0) is 14.3. The molecule has 0 saturated carbocycles. The van der Waals surface area contributed by atoms with Crippen LogP contribution in [0.25, 0.3) is 21.9 Å². The molecule has 0 aliphatic rings. The molecule has 3 aromatic rings. The van der Waals surface area contributed by atoms with Crippen molar-refractivity contribution in [1.82, 2.24) is 0 Å². The topological polar surface area (TPSA) is 50.4 Å². The van der Waals surface area contributed by atoms with Gasteiger partial charge >= 0.3 is 0 Å². The summed E-state index contributed by atoms with van der Waals surface area (Å²) in [6.07, 6.45) is 2.21. The van der Waals surface area contributed by atoms with Gasteiger partial charge in [0, 0.05) is 5.56 Å². The Labute approximate surface area is 115 Å². The van der Waals surface area contributed by atoms with Crippen molar-refractivity contribution >= 4 is 21.9 Å². The van der Waals surface area contributed by atoms with E-state index in [0.29, 0.717) is 39.5 Å². The monoisotopic (exact) mass is 266 g/mol. The van der Waals surface area contributed by atoms with E-state index in [-0.39, 0.29) is 11.2 Å². The van der Waals surface area contributed by atoms with Gasteiger partial charge in [-0.1, -0.05) is 18.2 Å². The smallest absolute Gasteiger partial charge is 0.200 e. The molecular formula is C17H14O3. The lowest BCUT2D eigenvalue weighted by atomic mass is 10.0. The number of aromatic hydroxyl groups is 1. The normalized spacial score (nSPS) is 11.1. The Hall–Kier alpha value is -2.55. The summed E-state index contributed by atoms with van der Waals surface area (Å²) < 4.78 is 5.79. The molecule has 0 unspecified atom stereocenters. The number of hydrogen-bond donors (Lipinski definition) is 1. The number of benzene rings is 2. The van der Waals surface area contributed by atoms with Crippen LogP contribution in [0.3, 0.4) is 0 Å². The van der Waals surface area contributed by atoms with Crippen molar-refractivity contribution in [2.75, 3.05) is 0 Å². The Bertz CT molecular complexity index is 888. The van der Waals surface area contributed by atoms with Crippen LogP contribution >= 0.6 is 0 Å². The SMILES string of the molecule is C=CCc1cc2c(=O)c3ccccc3oc2c(C)c1O. The van der Waals surface area contributed by atoms with Gasteiger partial charge in [0.15, 0.2) is 0 Å². The maximum absolute atomic E-state index is 12.5. The second kappa shape index (κ2) is 4.53. The van der Waals surface area contributed by atoms with E-state index in [1.54, 1.807) is 31.2 Å². The molecule has 20 heavy (non-hydrogen) atoms. The van der Waals surface area contributed by atoms with Crippen LogP contribution in [-0.2, 0) is 6.42 Å². The predicted octanol–water partition coefficient (Wildman–Crippen LogP) is 3.69. The van der Waals surface area contributed by atoms with E-state index in [1.165, 1.54) is 0 Å². The fourth-order valence-electron chi connectivity index (χ4n) is 2.47. The van der Waals surface area contributed by atoms with Crippen LogP contribution in [-0.4, -0.2) is 5.11 Å². The van der Waals surface area contributed by atoms with Crippen LogP contribution in [0.1, 0.15) is 11.1 Å². The molecule has 0 aliphatic carbocycles. The number of phenolic OH excluding ortho intramolecular Hbond substituents is 1. The summed E-state index contributed by atoms with van der Waals surface area (Å²) in [7, 11) is 0. The van der Waals surface area contributed by atoms with E-state index in [4.69, 9.17) is 4.42 Å². The second-order valence-corrected chi connectivity index (χ2v) is 4.81. The predicted molar refractivity (Wildman–Crippen MR) is 80.3 cm³/mol. The standard InChI is InChI=1S/C17H14O3/c1-3-6-11-9-13-16(19)12-7-4-5-8-14(12)20-17(13)10(2)15(11)18/h3-5,7-9,18H,1,6H2,2H3. The molecule has 3 rings (SSSR count). The van der Waals surface area contributed by atoms with Gasteiger partial charge in [-0.25, -0.2) is 0 Å². The molecule has 0 atom stereocenters. The molecule has 0 fully saturated rings. The number of allylic oxidation sites excluding steroid dienone is 1. The van der Waals surface area contributed by atoms with Gasteiger partial charge < -0.3 is 9.52 Å². The summed E-state index contributed by atoms with van der Waals surface area (Å²) in [5.41, 5.74) is 2.17. The van der Waals surface area contributed by atoms with Gasteiger partial charge in [0.2, 0.25) is 5.43 Å². The zero-order valence-corrected chi connectivity index (χ0v) is 11.1. The molecule has 1 N–H and O–H groups in total. The minimum atomic E-state index is -0.0738. The van der Waals surface area contributed by atoms with Crippen molar-refractivity contribution in [1.29, 1.82) is 0 Å². The minimum Gasteiger partial charge on any atom is -0.507 e. The first-order chi connectivity index (χ1) is 9.63. The van der Waals surface area contributed by atoms with E-state index in [2.05, 4.69) is 6.58 Å². The van der Waals surface area contributed by atoms with Crippen LogP contribution in [0.15, 0.2) is 52.2 Å². The van der Waals surface area contributed by atoms with E-state index in [0.717, 1.165) is 0 Å². The summed E-state index contributed by atoms with van der Waals surface area (Å²) in [5.74, 6) is 0.163. The Balaban J connectivity index is 2.52. The third kappa shape index (κ3) is 1.71.